The molecule has 0 rings (SSSR count). The van der Waals surface area contributed by atoms with Crippen molar-refractivity contribution in [2.45, 2.75) is 24.5 Å². The van der Waals surface area contributed by atoms with Crippen molar-refractivity contribution in [1.29, 1.82) is 0 Å². The van der Waals surface area contributed by atoms with Crippen molar-refractivity contribution in [2.75, 3.05) is 6.61 Å². The molecule has 9 heteroatoms. The summed E-state index contributed by atoms with van der Waals surface area (Å²) in [5.41, 5.74) is 0. The van der Waals surface area contributed by atoms with Crippen LogP contribution in [0.1, 0.15) is 19.8 Å². The highest BCUT2D eigenvalue weighted by Crippen LogP contribution is 2.26. The molecule has 0 amide bonds. The van der Waals surface area contributed by atoms with Gasteiger partial charge in [-0.2, -0.15) is 8.42 Å². The smallest absolute Gasteiger partial charge is 0.328 e. The number of carboxylic acid groups (broad SMARTS) is 2. The summed E-state index contributed by atoms with van der Waals surface area (Å²) in [4.78, 5) is 21.6. The van der Waals surface area contributed by atoms with Crippen LogP contribution in [0.2, 0.25) is 0 Å². The minimum absolute atomic E-state index is 0.279. The fourth-order valence-corrected chi connectivity index (χ4v) is 2.02. The first-order valence-electron chi connectivity index (χ1n) is 4.86. The van der Waals surface area contributed by atoms with Crippen LogP contribution in [0.3, 0.4) is 0 Å². The Labute approximate surface area is 104 Å². The number of ether oxygens (including phenoxy) is 1. The molecule has 0 saturated heterocycles. The maximum absolute atomic E-state index is 11.1. The van der Waals surface area contributed by atoms with Gasteiger partial charge in [0.2, 0.25) is 4.75 Å². The van der Waals surface area contributed by atoms with Crippen molar-refractivity contribution >= 4 is 22.1 Å². The number of rotatable bonds is 8. The molecule has 0 aromatic rings. The van der Waals surface area contributed by atoms with E-state index in [1.165, 1.54) is 0 Å². The first kappa shape index (κ1) is 16.4. The van der Waals surface area contributed by atoms with Gasteiger partial charge in [-0.1, -0.05) is 0 Å². The molecule has 0 aliphatic carbocycles. The summed E-state index contributed by atoms with van der Waals surface area (Å²) in [5.74, 6) is -3.59. The van der Waals surface area contributed by atoms with Gasteiger partial charge in [-0.15, -0.1) is 0 Å². The van der Waals surface area contributed by atoms with Crippen molar-refractivity contribution in [2.24, 2.45) is 0 Å². The van der Waals surface area contributed by atoms with Crippen LogP contribution in [-0.4, -0.2) is 46.5 Å². The van der Waals surface area contributed by atoms with Crippen molar-refractivity contribution in [1.82, 2.24) is 0 Å². The lowest BCUT2D eigenvalue weighted by atomic mass is 10.0. The van der Waals surface area contributed by atoms with Crippen LogP contribution in [0.15, 0.2) is 12.3 Å². The second-order valence-corrected chi connectivity index (χ2v) is 5.11. The van der Waals surface area contributed by atoms with Gasteiger partial charge in [0.15, 0.2) is 0 Å². The minimum Gasteiger partial charge on any atom is -0.502 e. The highest BCUT2D eigenvalue weighted by Gasteiger charge is 2.51. The largest absolute Gasteiger partial charge is 0.502 e. The Morgan fingerprint density at radius 3 is 2.22 bits per heavy atom. The lowest BCUT2D eigenvalue weighted by Gasteiger charge is -2.22. The summed E-state index contributed by atoms with van der Waals surface area (Å²) >= 11 is 0. The zero-order chi connectivity index (χ0) is 14.4. The van der Waals surface area contributed by atoms with Crippen LogP contribution in [-0.2, 0) is 24.4 Å². The predicted molar refractivity (Wildman–Crippen MR) is 59.6 cm³/mol. The molecule has 1 atom stereocenters. The van der Waals surface area contributed by atoms with E-state index in [-0.39, 0.29) is 6.61 Å². The first-order valence-corrected chi connectivity index (χ1v) is 6.30. The molecule has 0 heterocycles. The molecule has 18 heavy (non-hydrogen) atoms. The molecule has 8 nitrogen and oxygen atoms in total. The Balaban J connectivity index is 5.36. The molecule has 3 N–H and O–H groups in total. The van der Waals surface area contributed by atoms with E-state index in [0.717, 1.165) is 12.3 Å². The molecular formula is C9H14O8S. The number of hydrogen-bond donors (Lipinski definition) is 3. The van der Waals surface area contributed by atoms with Crippen LogP contribution in [0.4, 0.5) is 0 Å². The van der Waals surface area contributed by atoms with Crippen molar-refractivity contribution in [3.63, 3.8) is 0 Å². The van der Waals surface area contributed by atoms with Crippen LogP contribution < -0.4 is 0 Å². The summed E-state index contributed by atoms with van der Waals surface area (Å²) in [7, 11) is -5.10. The maximum atomic E-state index is 11.1. The number of hydrogen-bond acceptors (Lipinski definition) is 5. The fraction of sp³-hybridized carbons (Fsp3) is 0.556. The molecule has 1 unspecified atom stereocenters. The molecular weight excluding hydrogens is 268 g/mol. The van der Waals surface area contributed by atoms with Crippen LogP contribution >= 0.6 is 0 Å². The number of allylic oxidation sites excluding steroid dienone is 1. The van der Waals surface area contributed by atoms with Gasteiger partial charge in [-0.3, -0.25) is 14.1 Å². The molecule has 0 aliphatic heterocycles. The molecule has 0 radical (unpaired) electrons. The predicted octanol–water partition coefficient (Wildman–Crippen LogP) is 0.113. The number of carbonyl (C=O) groups is 2. The SMILES string of the molecule is CCOC=CCC(CC(=O)O)(C(=O)O)S(=O)(=O)O. The van der Waals surface area contributed by atoms with Crippen LogP contribution in [0.5, 0.6) is 0 Å². The van der Waals surface area contributed by atoms with E-state index in [4.69, 9.17) is 19.5 Å². The molecule has 0 saturated carbocycles. The van der Waals surface area contributed by atoms with E-state index in [2.05, 4.69) is 0 Å². The van der Waals surface area contributed by atoms with E-state index in [9.17, 15) is 18.0 Å². The zero-order valence-corrected chi connectivity index (χ0v) is 10.4. The van der Waals surface area contributed by atoms with Gasteiger partial charge in [0.25, 0.3) is 10.1 Å². The average molecular weight is 282 g/mol. The maximum Gasteiger partial charge on any atom is 0.328 e. The summed E-state index contributed by atoms with van der Waals surface area (Å²) in [6.07, 6.45) is 0.115. The van der Waals surface area contributed by atoms with Gasteiger partial charge < -0.3 is 14.9 Å². The van der Waals surface area contributed by atoms with E-state index in [1.54, 1.807) is 6.92 Å². The van der Waals surface area contributed by atoms with Gasteiger partial charge in [0, 0.05) is 6.42 Å². The van der Waals surface area contributed by atoms with Crippen molar-refractivity contribution in [3.8, 4) is 0 Å². The third kappa shape index (κ3) is 4.00. The third-order valence-corrected chi connectivity index (χ3v) is 3.60. The van der Waals surface area contributed by atoms with Gasteiger partial charge in [0.05, 0.1) is 19.3 Å². The number of aliphatic carboxylic acids is 2. The summed E-state index contributed by atoms with van der Waals surface area (Å²) in [6, 6.07) is 0. The van der Waals surface area contributed by atoms with E-state index in [1.807, 2.05) is 0 Å². The topological polar surface area (TPSA) is 138 Å². The Morgan fingerprint density at radius 2 is 1.89 bits per heavy atom. The Morgan fingerprint density at radius 1 is 1.33 bits per heavy atom. The van der Waals surface area contributed by atoms with Gasteiger partial charge >= 0.3 is 11.9 Å². The summed E-state index contributed by atoms with van der Waals surface area (Å²) in [6.45, 7) is 1.93. The summed E-state index contributed by atoms with van der Waals surface area (Å²) in [5, 5.41) is 17.5. The number of carboxylic acids is 2. The van der Waals surface area contributed by atoms with E-state index >= 15 is 0 Å². The lowest BCUT2D eigenvalue weighted by Crippen LogP contribution is -2.47. The molecule has 0 aliphatic rings. The fourth-order valence-electron chi connectivity index (χ4n) is 1.19. The quantitative estimate of drug-likeness (QED) is 0.421. The van der Waals surface area contributed by atoms with E-state index < -0.39 is 39.6 Å². The van der Waals surface area contributed by atoms with Crippen LogP contribution in [0, 0.1) is 0 Å². The Hall–Kier alpha value is -1.61. The third-order valence-electron chi connectivity index (χ3n) is 2.13. The monoisotopic (exact) mass is 282 g/mol. The second kappa shape index (κ2) is 6.36. The van der Waals surface area contributed by atoms with Crippen LogP contribution in [0.25, 0.3) is 0 Å². The first-order chi connectivity index (χ1) is 8.17. The van der Waals surface area contributed by atoms with Gasteiger partial charge in [0.1, 0.15) is 0 Å². The second-order valence-electron chi connectivity index (χ2n) is 3.38. The van der Waals surface area contributed by atoms with Crippen molar-refractivity contribution in [3.05, 3.63) is 12.3 Å². The lowest BCUT2D eigenvalue weighted by molar-refractivity contribution is -0.146. The Kier molecular flexibility index (Phi) is 5.79. The molecule has 0 fully saturated rings. The molecule has 0 aromatic heterocycles. The molecule has 0 aromatic carbocycles. The van der Waals surface area contributed by atoms with E-state index in [0.29, 0.717) is 0 Å². The van der Waals surface area contributed by atoms with Gasteiger partial charge in [-0.25, -0.2) is 0 Å². The highest BCUT2D eigenvalue weighted by molar-refractivity contribution is 7.88. The van der Waals surface area contributed by atoms with Crippen molar-refractivity contribution < 1.29 is 37.5 Å². The standard InChI is InChI=1S/C9H14O8S/c1-2-17-5-3-4-9(8(12)13,6-7(10)11)18(14,15)16/h3,5H,2,4,6H2,1H3,(H,10,11)(H,12,13)(H,14,15,16). The highest BCUT2D eigenvalue weighted by atomic mass is 32.2. The average Bonchev–Trinajstić information content (AvgIpc) is 2.19. The molecule has 0 spiro atoms. The summed E-state index contributed by atoms with van der Waals surface area (Å²) < 4.78 is 33.1. The normalized spacial score (nSPS) is 15.2. The molecule has 0 bridgehead atoms. The minimum atomic E-state index is -5.10. The van der Waals surface area contributed by atoms with Gasteiger partial charge in [-0.05, 0) is 13.0 Å². The zero-order valence-electron chi connectivity index (χ0n) is 9.57. The molecule has 104 valence electrons. The Bertz CT molecular complexity index is 437.